The van der Waals surface area contributed by atoms with Crippen molar-refractivity contribution in [3.8, 4) is 0 Å². The third kappa shape index (κ3) is 5.13. The number of hydrogen-bond acceptors (Lipinski definition) is 6. The van der Waals surface area contributed by atoms with Crippen LogP contribution in [0.25, 0.3) is 0 Å². The third-order valence-corrected chi connectivity index (χ3v) is 6.01. The Bertz CT molecular complexity index is 1040. The third-order valence-electron chi connectivity index (χ3n) is 6.01. The second-order valence-corrected chi connectivity index (χ2v) is 8.49. The summed E-state index contributed by atoms with van der Waals surface area (Å²) in [7, 11) is 3.62. The van der Waals surface area contributed by atoms with Crippen LogP contribution in [0, 0.1) is 6.92 Å². The SMILES string of the molecule is CNc1cc(CNc2nc(C)nc3c2CN(C(=O)N2CCN(C)CC2)C3)cc(C(F)(F)F)c1. The average molecular weight is 464 g/mol. The molecule has 4 rings (SSSR count). The van der Waals surface area contributed by atoms with Crippen LogP contribution in [-0.4, -0.2) is 71.0 Å². The number of urea groups is 1. The Morgan fingerprint density at radius 1 is 1.06 bits per heavy atom. The van der Waals surface area contributed by atoms with Crippen molar-refractivity contribution in [2.24, 2.45) is 0 Å². The molecule has 2 amide bonds. The van der Waals surface area contributed by atoms with Crippen LogP contribution in [0.1, 0.15) is 28.2 Å². The van der Waals surface area contributed by atoms with Gasteiger partial charge in [-0.1, -0.05) is 0 Å². The van der Waals surface area contributed by atoms with Crippen molar-refractivity contribution in [1.29, 1.82) is 0 Å². The molecule has 2 aliphatic rings. The van der Waals surface area contributed by atoms with Crippen molar-refractivity contribution in [2.45, 2.75) is 32.7 Å². The Morgan fingerprint density at radius 2 is 1.79 bits per heavy atom. The molecule has 0 aliphatic carbocycles. The van der Waals surface area contributed by atoms with Crippen molar-refractivity contribution < 1.29 is 18.0 Å². The summed E-state index contributed by atoms with van der Waals surface area (Å²) in [5.41, 5.74) is 1.73. The van der Waals surface area contributed by atoms with Gasteiger partial charge in [0.2, 0.25) is 0 Å². The highest BCUT2D eigenvalue weighted by atomic mass is 19.4. The number of likely N-dealkylation sites (N-methyl/N-ethyl adjacent to an activating group) is 1. The second kappa shape index (κ2) is 9.05. The van der Waals surface area contributed by atoms with Gasteiger partial charge in [-0.3, -0.25) is 0 Å². The van der Waals surface area contributed by atoms with Gasteiger partial charge in [-0.05, 0) is 37.7 Å². The molecule has 0 radical (unpaired) electrons. The van der Waals surface area contributed by atoms with Crippen LogP contribution in [0.2, 0.25) is 0 Å². The van der Waals surface area contributed by atoms with Crippen LogP contribution >= 0.6 is 0 Å². The van der Waals surface area contributed by atoms with E-state index in [-0.39, 0.29) is 12.6 Å². The first-order chi connectivity index (χ1) is 15.6. The maximum atomic E-state index is 13.3. The summed E-state index contributed by atoms with van der Waals surface area (Å²) in [5, 5.41) is 5.95. The molecule has 1 aromatic heterocycles. The van der Waals surface area contributed by atoms with Crippen molar-refractivity contribution in [2.75, 3.05) is 50.9 Å². The van der Waals surface area contributed by atoms with Crippen LogP contribution < -0.4 is 10.6 Å². The number of alkyl halides is 3. The van der Waals surface area contributed by atoms with E-state index in [9.17, 15) is 18.0 Å². The average Bonchev–Trinajstić information content (AvgIpc) is 3.20. The Hall–Kier alpha value is -3.08. The number of hydrogen-bond donors (Lipinski definition) is 2. The molecule has 2 N–H and O–H groups in total. The molecule has 178 valence electrons. The summed E-state index contributed by atoms with van der Waals surface area (Å²) in [6, 6.07) is 3.85. The predicted molar refractivity (Wildman–Crippen MR) is 119 cm³/mol. The van der Waals surface area contributed by atoms with Crippen LogP contribution in [0.4, 0.5) is 29.5 Å². The lowest BCUT2D eigenvalue weighted by molar-refractivity contribution is -0.137. The zero-order valence-corrected chi connectivity index (χ0v) is 19.0. The predicted octanol–water partition coefficient (Wildman–Crippen LogP) is 3.14. The highest BCUT2D eigenvalue weighted by Gasteiger charge is 2.33. The summed E-state index contributed by atoms with van der Waals surface area (Å²) in [6.07, 6.45) is -4.43. The number of amides is 2. The smallest absolute Gasteiger partial charge is 0.388 e. The molecular weight excluding hydrogens is 435 g/mol. The van der Waals surface area contributed by atoms with Crippen LogP contribution in [0.5, 0.6) is 0 Å². The van der Waals surface area contributed by atoms with Gasteiger partial charge in [0.1, 0.15) is 11.6 Å². The highest BCUT2D eigenvalue weighted by Crippen LogP contribution is 2.33. The van der Waals surface area contributed by atoms with E-state index in [1.165, 1.54) is 0 Å². The van der Waals surface area contributed by atoms with E-state index in [1.807, 2.05) is 11.9 Å². The minimum atomic E-state index is -4.43. The van der Waals surface area contributed by atoms with E-state index >= 15 is 0 Å². The molecule has 33 heavy (non-hydrogen) atoms. The summed E-state index contributed by atoms with van der Waals surface area (Å²) < 4.78 is 39.8. The van der Waals surface area contributed by atoms with Gasteiger partial charge >= 0.3 is 12.2 Å². The summed E-state index contributed by atoms with van der Waals surface area (Å²) in [6.45, 7) is 5.73. The first kappa shape index (κ1) is 23.1. The molecule has 1 saturated heterocycles. The van der Waals surface area contributed by atoms with Gasteiger partial charge in [0.15, 0.2) is 0 Å². The molecular formula is C22H28F3N7O. The Morgan fingerprint density at radius 3 is 2.45 bits per heavy atom. The van der Waals surface area contributed by atoms with Gasteiger partial charge in [0.25, 0.3) is 0 Å². The Labute approximate surface area is 190 Å². The van der Waals surface area contributed by atoms with Gasteiger partial charge in [-0.15, -0.1) is 0 Å². The molecule has 1 aromatic carbocycles. The number of nitrogens with one attached hydrogen (secondary N) is 2. The van der Waals surface area contributed by atoms with Crippen molar-refractivity contribution in [3.63, 3.8) is 0 Å². The van der Waals surface area contributed by atoms with Gasteiger partial charge in [-0.2, -0.15) is 13.2 Å². The maximum Gasteiger partial charge on any atom is 0.416 e. The Balaban J connectivity index is 1.50. The lowest BCUT2D eigenvalue weighted by Crippen LogP contribution is -2.50. The minimum Gasteiger partial charge on any atom is -0.388 e. The fourth-order valence-electron chi connectivity index (χ4n) is 4.15. The maximum absolute atomic E-state index is 13.3. The minimum absolute atomic E-state index is 0.0266. The largest absolute Gasteiger partial charge is 0.416 e. The van der Waals surface area contributed by atoms with Crippen molar-refractivity contribution >= 4 is 17.5 Å². The monoisotopic (exact) mass is 463 g/mol. The number of aryl methyl sites for hydroxylation is 1. The number of carbonyl (C=O) groups excluding carboxylic acids is 1. The van der Waals surface area contributed by atoms with E-state index in [0.717, 1.165) is 36.5 Å². The van der Waals surface area contributed by atoms with Gasteiger partial charge in [-0.25, -0.2) is 14.8 Å². The molecule has 0 atom stereocenters. The quantitative estimate of drug-likeness (QED) is 0.726. The summed E-state index contributed by atoms with van der Waals surface area (Å²) in [5.74, 6) is 1.10. The van der Waals surface area contributed by atoms with E-state index in [0.29, 0.717) is 49.1 Å². The van der Waals surface area contributed by atoms with Crippen LogP contribution in [0.15, 0.2) is 18.2 Å². The number of halogens is 3. The van der Waals surface area contributed by atoms with Crippen molar-refractivity contribution in [3.05, 3.63) is 46.4 Å². The molecule has 3 heterocycles. The van der Waals surface area contributed by atoms with Crippen molar-refractivity contribution in [1.82, 2.24) is 24.7 Å². The first-order valence-corrected chi connectivity index (χ1v) is 10.9. The number of aromatic nitrogens is 2. The second-order valence-electron chi connectivity index (χ2n) is 8.49. The zero-order valence-electron chi connectivity index (χ0n) is 19.0. The standard InChI is InChI=1S/C22H28F3N7O/c1-14-28-19-13-32(21(33)31-6-4-30(3)5-7-31)12-18(19)20(29-14)27-11-15-8-16(22(23,24)25)10-17(9-15)26-2/h8-10,26H,4-7,11-13H2,1-3H3,(H,27,28,29). The van der Waals surface area contributed by atoms with Gasteiger partial charge < -0.3 is 25.3 Å². The fraction of sp³-hybridized carbons (Fsp3) is 0.500. The van der Waals surface area contributed by atoms with E-state index in [4.69, 9.17) is 0 Å². The normalized spacial score (nSPS) is 16.7. The van der Waals surface area contributed by atoms with E-state index in [1.54, 1.807) is 24.9 Å². The molecule has 0 bridgehead atoms. The number of carbonyl (C=O) groups is 1. The molecule has 8 nitrogen and oxygen atoms in total. The molecule has 11 heteroatoms. The first-order valence-electron chi connectivity index (χ1n) is 10.9. The molecule has 2 aromatic rings. The summed E-state index contributed by atoms with van der Waals surface area (Å²) >= 11 is 0. The lowest BCUT2D eigenvalue weighted by Gasteiger charge is -2.34. The number of benzene rings is 1. The number of fused-ring (bicyclic) bond motifs is 1. The van der Waals surface area contributed by atoms with Gasteiger partial charge in [0, 0.05) is 51.0 Å². The molecule has 1 fully saturated rings. The number of rotatable bonds is 4. The topological polar surface area (TPSA) is 76.6 Å². The van der Waals surface area contributed by atoms with E-state index in [2.05, 4.69) is 25.5 Å². The molecule has 0 saturated carbocycles. The zero-order chi connectivity index (χ0) is 23.8. The van der Waals surface area contributed by atoms with Gasteiger partial charge in [0.05, 0.1) is 24.3 Å². The highest BCUT2D eigenvalue weighted by molar-refractivity contribution is 5.76. The molecule has 0 spiro atoms. The molecule has 2 aliphatic heterocycles. The van der Waals surface area contributed by atoms with Crippen LogP contribution in [0.3, 0.4) is 0 Å². The van der Waals surface area contributed by atoms with E-state index < -0.39 is 11.7 Å². The van der Waals surface area contributed by atoms with Crippen LogP contribution in [-0.2, 0) is 25.8 Å². The Kier molecular flexibility index (Phi) is 6.33. The number of nitrogens with zero attached hydrogens (tertiary/aromatic N) is 5. The lowest BCUT2D eigenvalue weighted by atomic mass is 10.1. The number of anilines is 2. The summed E-state index contributed by atoms with van der Waals surface area (Å²) in [4.78, 5) is 27.8. The molecule has 0 unspecified atom stereocenters. The number of piperazine rings is 1. The fourth-order valence-corrected chi connectivity index (χ4v) is 4.15.